The Morgan fingerprint density at radius 2 is 2.26 bits per heavy atom. The van der Waals surface area contributed by atoms with Gasteiger partial charge in [-0.3, -0.25) is 9.59 Å². The maximum Gasteiger partial charge on any atom is 0.228 e. The molecule has 0 aliphatic carbocycles. The van der Waals surface area contributed by atoms with Crippen LogP contribution in [0.4, 0.5) is 0 Å². The summed E-state index contributed by atoms with van der Waals surface area (Å²) in [5, 5.41) is 3.00. The van der Waals surface area contributed by atoms with Gasteiger partial charge in [0.2, 0.25) is 11.8 Å². The lowest BCUT2D eigenvalue weighted by molar-refractivity contribution is -0.139. The fourth-order valence-corrected chi connectivity index (χ4v) is 4.43. The maximum absolute atomic E-state index is 13.0. The molecule has 3 rings (SSSR count). The Morgan fingerprint density at radius 1 is 1.43 bits per heavy atom. The minimum Gasteiger partial charge on any atom is -0.342 e. The van der Waals surface area contributed by atoms with Gasteiger partial charge in [0.15, 0.2) is 0 Å². The molecule has 0 unspecified atom stereocenters. The number of rotatable bonds is 4. The fourth-order valence-electron chi connectivity index (χ4n) is 3.64. The van der Waals surface area contributed by atoms with Gasteiger partial charge in [-0.15, -0.1) is 11.3 Å². The average molecular weight is 335 g/mol. The number of carbonyl (C=O) groups excluding carboxylic acids is 2. The molecule has 2 fully saturated rings. The van der Waals surface area contributed by atoms with Crippen LogP contribution < -0.4 is 0 Å². The van der Waals surface area contributed by atoms with Crippen molar-refractivity contribution in [2.45, 2.75) is 45.6 Å². The van der Waals surface area contributed by atoms with Crippen molar-refractivity contribution >= 4 is 23.2 Å². The van der Waals surface area contributed by atoms with Gasteiger partial charge in [-0.25, -0.2) is 4.98 Å². The van der Waals surface area contributed by atoms with Crippen LogP contribution in [0.3, 0.4) is 0 Å². The maximum atomic E-state index is 13.0. The molecule has 1 aromatic rings. The topological polar surface area (TPSA) is 53.5 Å². The van der Waals surface area contributed by atoms with Gasteiger partial charge in [-0.05, 0) is 25.2 Å². The normalized spacial score (nSPS) is 25.4. The lowest BCUT2D eigenvalue weighted by Crippen LogP contribution is -2.42. The SMILES string of the molecule is CC(C)CN1C[C@H](C(=O)N2CCCC[C@@H]2c2nccs2)CC1=O. The third kappa shape index (κ3) is 3.57. The molecule has 0 radical (unpaired) electrons. The predicted octanol–water partition coefficient (Wildman–Crippen LogP) is 2.70. The monoisotopic (exact) mass is 335 g/mol. The van der Waals surface area contributed by atoms with Gasteiger partial charge in [0.1, 0.15) is 5.01 Å². The van der Waals surface area contributed by atoms with E-state index in [2.05, 4.69) is 18.8 Å². The third-order valence-electron chi connectivity index (χ3n) is 4.67. The highest BCUT2D eigenvalue weighted by Crippen LogP contribution is 2.34. The number of carbonyl (C=O) groups is 2. The van der Waals surface area contributed by atoms with Crippen molar-refractivity contribution in [3.8, 4) is 0 Å². The molecule has 126 valence electrons. The highest BCUT2D eigenvalue weighted by molar-refractivity contribution is 7.09. The molecule has 6 heteroatoms. The van der Waals surface area contributed by atoms with Crippen LogP contribution >= 0.6 is 11.3 Å². The van der Waals surface area contributed by atoms with Crippen LogP contribution in [0, 0.1) is 11.8 Å². The van der Waals surface area contributed by atoms with E-state index in [0.29, 0.717) is 18.9 Å². The van der Waals surface area contributed by atoms with Crippen molar-refractivity contribution in [2.24, 2.45) is 11.8 Å². The zero-order chi connectivity index (χ0) is 16.4. The quantitative estimate of drug-likeness (QED) is 0.850. The number of aromatic nitrogens is 1. The number of piperidine rings is 1. The second-order valence-corrected chi connectivity index (χ2v) is 7.93. The van der Waals surface area contributed by atoms with E-state index in [9.17, 15) is 9.59 Å². The first kappa shape index (κ1) is 16.4. The summed E-state index contributed by atoms with van der Waals surface area (Å²) in [5.74, 6) is 0.525. The molecule has 1 aromatic heterocycles. The first-order chi connectivity index (χ1) is 11.1. The number of likely N-dealkylation sites (tertiary alicyclic amines) is 2. The number of amides is 2. The molecule has 2 amide bonds. The minimum atomic E-state index is -0.179. The predicted molar refractivity (Wildman–Crippen MR) is 89.9 cm³/mol. The largest absolute Gasteiger partial charge is 0.342 e. The van der Waals surface area contributed by atoms with Gasteiger partial charge in [0.25, 0.3) is 0 Å². The second kappa shape index (κ2) is 6.99. The van der Waals surface area contributed by atoms with Crippen LogP contribution in [-0.4, -0.2) is 46.2 Å². The highest BCUT2D eigenvalue weighted by Gasteiger charge is 2.39. The number of nitrogens with zero attached hydrogens (tertiary/aromatic N) is 3. The molecule has 2 aliphatic rings. The minimum absolute atomic E-state index is 0.102. The van der Waals surface area contributed by atoms with E-state index in [4.69, 9.17) is 0 Å². The second-order valence-electron chi connectivity index (χ2n) is 7.01. The summed E-state index contributed by atoms with van der Waals surface area (Å²) in [6, 6.07) is 0.102. The Balaban J connectivity index is 1.70. The van der Waals surface area contributed by atoms with Crippen LogP contribution in [-0.2, 0) is 9.59 Å². The molecule has 0 saturated carbocycles. The van der Waals surface area contributed by atoms with Crippen LogP contribution in [0.15, 0.2) is 11.6 Å². The lowest BCUT2D eigenvalue weighted by atomic mass is 9.99. The molecule has 3 heterocycles. The molecule has 0 spiro atoms. The summed E-state index contributed by atoms with van der Waals surface area (Å²) in [7, 11) is 0. The summed E-state index contributed by atoms with van der Waals surface area (Å²) in [5.41, 5.74) is 0. The van der Waals surface area contributed by atoms with Gasteiger partial charge < -0.3 is 9.80 Å². The summed E-state index contributed by atoms with van der Waals surface area (Å²) >= 11 is 1.62. The first-order valence-electron chi connectivity index (χ1n) is 8.54. The van der Waals surface area contributed by atoms with Gasteiger partial charge >= 0.3 is 0 Å². The Kier molecular flexibility index (Phi) is 4.99. The van der Waals surface area contributed by atoms with Crippen LogP contribution in [0.5, 0.6) is 0 Å². The van der Waals surface area contributed by atoms with Crippen LogP contribution in [0.2, 0.25) is 0 Å². The van der Waals surface area contributed by atoms with Crippen molar-refractivity contribution in [3.05, 3.63) is 16.6 Å². The van der Waals surface area contributed by atoms with Gasteiger partial charge in [0.05, 0.1) is 12.0 Å². The molecule has 2 aliphatic heterocycles. The summed E-state index contributed by atoms with van der Waals surface area (Å²) in [6.45, 7) is 6.32. The summed E-state index contributed by atoms with van der Waals surface area (Å²) in [4.78, 5) is 33.4. The van der Waals surface area contributed by atoms with Gasteiger partial charge in [-0.2, -0.15) is 0 Å². The third-order valence-corrected chi connectivity index (χ3v) is 5.55. The van der Waals surface area contributed by atoms with E-state index in [1.807, 2.05) is 15.2 Å². The zero-order valence-corrected chi connectivity index (χ0v) is 14.7. The number of thiazole rings is 1. The number of hydrogen-bond acceptors (Lipinski definition) is 4. The van der Waals surface area contributed by atoms with Crippen molar-refractivity contribution < 1.29 is 9.59 Å². The highest BCUT2D eigenvalue weighted by atomic mass is 32.1. The van der Waals surface area contributed by atoms with Crippen LogP contribution in [0.1, 0.15) is 50.6 Å². The van der Waals surface area contributed by atoms with E-state index in [0.717, 1.165) is 37.4 Å². The fraction of sp³-hybridized carbons (Fsp3) is 0.706. The van der Waals surface area contributed by atoms with E-state index < -0.39 is 0 Å². The molecule has 0 bridgehead atoms. The number of hydrogen-bond donors (Lipinski definition) is 0. The molecule has 0 aromatic carbocycles. The first-order valence-corrected chi connectivity index (χ1v) is 9.42. The summed E-state index contributed by atoms with van der Waals surface area (Å²) < 4.78 is 0. The zero-order valence-electron chi connectivity index (χ0n) is 13.9. The molecular weight excluding hydrogens is 310 g/mol. The van der Waals surface area contributed by atoms with E-state index in [1.165, 1.54) is 0 Å². The molecular formula is C17H25N3O2S. The van der Waals surface area contributed by atoms with Crippen molar-refractivity contribution in [2.75, 3.05) is 19.6 Å². The van der Waals surface area contributed by atoms with E-state index in [1.54, 1.807) is 17.5 Å². The van der Waals surface area contributed by atoms with Crippen LogP contribution in [0.25, 0.3) is 0 Å². The Hall–Kier alpha value is -1.43. The Morgan fingerprint density at radius 3 is 2.96 bits per heavy atom. The molecule has 0 N–H and O–H groups in total. The van der Waals surface area contributed by atoms with Gasteiger partial charge in [-0.1, -0.05) is 13.8 Å². The Labute approximate surface area is 141 Å². The molecule has 23 heavy (non-hydrogen) atoms. The molecule has 5 nitrogen and oxygen atoms in total. The van der Waals surface area contributed by atoms with Crippen molar-refractivity contribution in [1.29, 1.82) is 0 Å². The van der Waals surface area contributed by atoms with Crippen molar-refractivity contribution in [1.82, 2.24) is 14.8 Å². The van der Waals surface area contributed by atoms with Crippen molar-refractivity contribution in [3.63, 3.8) is 0 Å². The average Bonchev–Trinajstić information content (AvgIpc) is 3.17. The lowest BCUT2D eigenvalue weighted by Gasteiger charge is -2.36. The van der Waals surface area contributed by atoms with E-state index >= 15 is 0 Å². The van der Waals surface area contributed by atoms with Gasteiger partial charge in [0, 0.05) is 37.6 Å². The Bertz CT molecular complexity index is 558. The molecule has 2 saturated heterocycles. The summed E-state index contributed by atoms with van der Waals surface area (Å²) in [6.07, 6.45) is 5.34. The molecule has 2 atom stereocenters. The van der Waals surface area contributed by atoms with E-state index in [-0.39, 0.29) is 23.8 Å². The smallest absolute Gasteiger partial charge is 0.228 e. The standard InChI is InChI=1S/C17H25N3O2S/c1-12(2)10-19-11-13(9-15(19)21)17(22)20-7-4-3-5-14(20)16-18-6-8-23-16/h6,8,12-14H,3-5,7,9-11H2,1-2H3/t13-,14-/m1/s1.